The topological polar surface area (TPSA) is 72.1 Å². The molecule has 0 aliphatic rings. The number of fused-ring (bicyclic) bond motifs is 1. The largest absolute Gasteiger partial charge is 0.493 e. The molecule has 7 heteroatoms. The van der Waals surface area contributed by atoms with Crippen molar-refractivity contribution in [2.45, 2.75) is 6.92 Å². The number of anilines is 1. The van der Waals surface area contributed by atoms with Crippen molar-refractivity contribution in [2.24, 2.45) is 0 Å². The van der Waals surface area contributed by atoms with Gasteiger partial charge in [0.25, 0.3) is 0 Å². The van der Waals surface area contributed by atoms with E-state index in [1.807, 2.05) is 26.1 Å². The van der Waals surface area contributed by atoms with Crippen molar-refractivity contribution < 1.29 is 9.47 Å². The molecule has 2 heterocycles. The minimum absolute atomic E-state index is 0.664. The summed E-state index contributed by atoms with van der Waals surface area (Å²) in [7, 11) is 5.11. The van der Waals surface area contributed by atoms with Crippen LogP contribution in [0.3, 0.4) is 0 Å². The standard InChI is InChI=1S/C14H16N4O2S/c1-7-12(14(15-2)21-18-7)13-16-8-5-10(19-3)11(20-4)6-9(8)17-13/h5-6,15H,1-4H3,(H,16,17). The summed E-state index contributed by atoms with van der Waals surface area (Å²) < 4.78 is 15.0. The van der Waals surface area contributed by atoms with E-state index in [-0.39, 0.29) is 0 Å². The molecule has 0 aliphatic heterocycles. The van der Waals surface area contributed by atoms with E-state index < -0.39 is 0 Å². The second kappa shape index (κ2) is 5.25. The molecule has 0 saturated heterocycles. The number of hydrogen-bond donors (Lipinski definition) is 2. The second-order valence-corrected chi connectivity index (χ2v) is 5.31. The van der Waals surface area contributed by atoms with E-state index in [0.29, 0.717) is 11.5 Å². The minimum Gasteiger partial charge on any atom is -0.493 e. The van der Waals surface area contributed by atoms with Gasteiger partial charge in [-0.1, -0.05) is 0 Å². The third-order valence-electron chi connectivity index (χ3n) is 3.31. The van der Waals surface area contributed by atoms with Gasteiger partial charge < -0.3 is 19.8 Å². The maximum absolute atomic E-state index is 5.32. The van der Waals surface area contributed by atoms with Crippen LogP contribution in [-0.2, 0) is 0 Å². The fourth-order valence-electron chi connectivity index (χ4n) is 2.27. The monoisotopic (exact) mass is 304 g/mol. The predicted molar refractivity (Wildman–Crippen MR) is 84.6 cm³/mol. The Labute approximate surface area is 126 Å². The number of nitrogens with zero attached hydrogens (tertiary/aromatic N) is 2. The number of nitrogens with one attached hydrogen (secondary N) is 2. The quantitative estimate of drug-likeness (QED) is 0.775. The van der Waals surface area contributed by atoms with E-state index in [4.69, 9.17) is 9.47 Å². The van der Waals surface area contributed by atoms with Gasteiger partial charge >= 0.3 is 0 Å². The van der Waals surface area contributed by atoms with Crippen molar-refractivity contribution >= 4 is 27.6 Å². The van der Waals surface area contributed by atoms with Gasteiger partial charge in [0.2, 0.25) is 0 Å². The Balaban J connectivity index is 2.19. The van der Waals surface area contributed by atoms with Crippen molar-refractivity contribution in [3.05, 3.63) is 17.8 Å². The van der Waals surface area contributed by atoms with Crippen LogP contribution in [-0.4, -0.2) is 35.6 Å². The number of aromatic amines is 1. The molecular formula is C14H16N4O2S. The lowest BCUT2D eigenvalue weighted by Crippen LogP contribution is -1.89. The maximum atomic E-state index is 5.32. The lowest BCUT2D eigenvalue weighted by atomic mass is 10.2. The molecule has 0 unspecified atom stereocenters. The zero-order chi connectivity index (χ0) is 15.0. The van der Waals surface area contributed by atoms with Gasteiger partial charge in [0.1, 0.15) is 10.8 Å². The van der Waals surface area contributed by atoms with Crippen molar-refractivity contribution in [1.82, 2.24) is 14.3 Å². The summed E-state index contributed by atoms with van der Waals surface area (Å²) in [5.74, 6) is 2.13. The van der Waals surface area contributed by atoms with E-state index in [2.05, 4.69) is 19.7 Å². The number of imidazole rings is 1. The lowest BCUT2D eigenvalue weighted by molar-refractivity contribution is 0.356. The van der Waals surface area contributed by atoms with Crippen molar-refractivity contribution in [3.8, 4) is 22.9 Å². The number of hydrogen-bond acceptors (Lipinski definition) is 6. The Morgan fingerprint density at radius 3 is 2.57 bits per heavy atom. The molecule has 2 N–H and O–H groups in total. The van der Waals surface area contributed by atoms with E-state index in [0.717, 1.165) is 33.1 Å². The normalized spacial score (nSPS) is 10.9. The number of aromatic nitrogens is 3. The zero-order valence-corrected chi connectivity index (χ0v) is 13.1. The fourth-order valence-corrected chi connectivity index (χ4v) is 3.02. The first-order chi connectivity index (χ1) is 10.2. The van der Waals surface area contributed by atoms with Crippen molar-refractivity contribution in [1.29, 1.82) is 0 Å². The van der Waals surface area contributed by atoms with Gasteiger partial charge in [-0.2, -0.15) is 4.37 Å². The third-order valence-corrected chi connectivity index (χ3v) is 4.27. The van der Waals surface area contributed by atoms with Gasteiger partial charge in [-0.05, 0) is 18.5 Å². The van der Waals surface area contributed by atoms with Gasteiger partial charge in [0.15, 0.2) is 11.5 Å². The highest BCUT2D eigenvalue weighted by molar-refractivity contribution is 7.10. The van der Waals surface area contributed by atoms with Crippen LogP contribution in [0.25, 0.3) is 22.4 Å². The number of methoxy groups -OCH3 is 2. The Morgan fingerprint density at radius 1 is 1.19 bits per heavy atom. The van der Waals surface area contributed by atoms with Crippen LogP contribution in [0.5, 0.6) is 11.5 Å². The smallest absolute Gasteiger partial charge is 0.163 e. The molecule has 110 valence electrons. The van der Waals surface area contributed by atoms with Gasteiger partial charge in [0.05, 0.1) is 36.5 Å². The molecule has 3 aromatic rings. The lowest BCUT2D eigenvalue weighted by Gasteiger charge is -2.06. The molecule has 3 rings (SSSR count). The number of ether oxygens (including phenoxy) is 2. The second-order valence-electron chi connectivity index (χ2n) is 4.53. The Bertz CT molecular complexity index is 753. The molecule has 0 spiro atoms. The van der Waals surface area contributed by atoms with Crippen LogP contribution in [0.2, 0.25) is 0 Å². The van der Waals surface area contributed by atoms with Crippen LogP contribution in [0.15, 0.2) is 12.1 Å². The maximum Gasteiger partial charge on any atom is 0.163 e. The minimum atomic E-state index is 0.664. The van der Waals surface area contributed by atoms with E-state index in [9.17, 15) is 0 Å². The summed E-state index contributed by atoms with van der Waals surface area (Å²) in [5.41, 5.74) is 3.67. The summed E-state index contributed by atoms with van der Waals surface area (Å²) in [5, 5.41) is 4.14. The van der Waals surface area contributed by atoms with Crippen molar-refractivity contribution in [2.75, 3.05) is 26.6 Å². The van der Waals surface area contributed by atoms with Gasteiger partial charge in [0, 0.05) is 19.2 Å². The van der Waals surface area contributed by atoms with Crippen molar-refractivity contribution in [3.63, 3.8) is 0 Å². The van der Waals surface area contributed by atoms with E-state index in [1.165, 1.54) is 11.5 Å². The fraction of sp³-hybridized carbons (Fsp3) is 0.286. The molecule has 0 amide bonds. The summed E-state index contributed by atoms with van der Waals surface area (Å²) in [4.78, 5) is 7.96. The average Bonchev–Trinajstić information content (AvgIpc) is 3.07. The number of benzene rings is 1. The molecule has 6 nitrogen and oxygen atoms in total. The molecule has 0 saturated carbocycles. The SMILES string of the molecule is CNc1snc(C)c1-c1nc2cc(OC)c(OC)cc2[nH]1. The molecule has 21 heavy (non-hydrogen) atoms. The Morgan fingerprint density at radius 2 is 1.90 bits per heavy atom. The Hall–Kier alpha value is -2.28. The number of rotatable bonds is 4. The molecular weight excluding hydrogens is 288 g/mol. The highest BCUT2D eigenvalue weighted by Gasteiger charge is 2.17. The molecule has 1 aromatic carbocycles. The van der Waals surface area contributed by atoms with Gasteiger partial charge in [-0.3, -0.25) is 0 Å². The van der Waals surface area contributed by atoms with E-state index >= 15 is 0 Å². The molecule has 0 bridgehead atoms. The molecule has 0 radical (unpaired) electrons. The first-order valence-electron chi connectivity index (χ1n) is 6.44. The van der Waals surface area contributed by atoms with Crippen LogP contribution < -0.4 is 14.8 Å². The summed E-state index contributed by atoms with van der Waals surface area (Å²) in [6.45, 7) is 1.97. The van der Waals surface area contributed by atoms with E-state index in [1.54, 1.807) is 14.2 Å². The molecule has 0 atom stereocenters. The highest BCUT2D eigenvalue weighted by atomic mass is 32.1. The molecule has 0 fully saturated rings. The molecule has 0 aliphatic carbocycles. The highest BCUT2D eigenvalue weighted by Crippen LogP contribution is 2.36. The van der Waals surface area contributed by atoms with Gasteiger partial charge in [-0.15, -0.1) is 0 Å². The number of H-pyrrole nitrogens is 1. The van der Waals surface area contributed by atoms with Crippen LogP contribution in [0, 0.1) is 6.92 Å². The summed E-state index contributed by atoms with van der Waals surface area (Å²) >= 11 is 1.43. The predicted octanol–water partition coefficient (Wildman–Crippen LogP) is 3.05. The zero-order valence-electron chi connectivity index (χ0n) is 12.3. The van der Waals surface area contributed by atoms with Crippen LogP contribution in [0.1, 0.15) is 5.69 Å². The summed E-state index contributed by atoms with van der Waals surface area (Å²) in [6, 6.07) is 3.75. The average molecular weight is 304 g/mol. The third kappa shape index (κ3) is 2.19. The molecule has 2 aromatic heterocycles. The summed E-state index contributed by atoms with van der Waals surface area (Å²) in [6.07, 6.45) is 0. The first-order valence-corrected chi connectivity index (χ1v) is 7.21. The number of aryl methyl sites for hydroxylation is 1. The van der Waals surface area contributed by atoms with Crippen LogP contribution in [0.4, 0.5) is 5.00 Å². The van der Waals surface area contributed by atoms with Gasteiger partial charge in [-0.25, -0.2) is 4.98 Å². The first kappa shape index (κ1) is 13.7. The van der Waals surface area contributed by atoms with Crippen LogP contribution >= 0.6 is 11.5 Å². The Kier molecular flexibility index (Phi) is 3.42.